The summed E-state index contributed by atoms with van der Waals surface area (Å²) < 4.78 is 5.23. The molecular weight excluding hydrogens is 272 g/mol. The van der Waals surface area contributed by atoms with E-state index in [9.17, 15) is 9.59 Å². The molecule has 0 aromatic heterocycles. The Morgan fingerprint density at radius 1 is 1.33 bits per heavy atom. The summed E-state index contributed by atoms with van der Waals surface area (Å²) in [4.78, 5) is 25.5. The summed E-state index contributed by atoms with van der Waals surface area (Å²) in [7, 11) is 0. The van der Waals surface area contributed by atoms with E-state index in [1.165, 1.54) is 12.8 Å². The molecule has 1 aliphatic carbocycles. The van der Waals surface area contributed by atoms with Crippen LogP contribution in [-0.4, -0.2) is 53.3 Å². The van der Waals surface area contributed by atoms with Crippen LogP contribution in [0.1, 0.15) is 47.0 Å². The van der Waals surface area contributed by atoms with Crippen LogP contribution in [0.3, 0.4) is 0 Å². The number of ether oxygens (including phenoxy) is 1. The standard InChI is InChI=1S/C15H28N2O4/c1-11(13(19)21-15(2,3)4)16-14(20)17(9-10-18)8-7-12-5-6-12/h11-12,18H,5-10H2,1-4H3,(H,16,20)/t11-/m0/s1. The lowest BCUT2D eigenvalue weighted by molar-refractivity contribution is -0.156. The molecule has 0 heterocycles. The SMILES string of the molecule is C[C@H](NC(=O)N(CCO)CCC1CC1)C(=O)OC(C)(C)C. The van der Waals surface area contributed by atoms with Gasteiger partial charge >= 0.3 is 12.0 Å². The Kier molecular flexibility index (Phi) is 6.45. The van der Waals surface area contributed by atoms with E-state index in [4.69, 9.17) is 9.84 Å². The summed E-state index contributed by atoms with van der Waals surface area (Å²) in [5, 5.41) is 11.7. The first-order valence-electron chi connectivity index (χ1n) is 7.62. The number of aliphatic hydroxyl groups is 1. The summed E-state index contributed by atoms with van der Waals surface area (Å²) in [5.74, 6) is 0.254. The fourth-order valence-electron chi connectivity index (χ4n) is 1.91. The fourth-order valence-corrected chi connectivity index (χ4v) is 1.91. The van der Waals surface area contributed by atoms with Crippen molar-refractivity contribution in [2.24, 2.45) is 5.92 Å². The van der Waals surface area contributed by atoms with Gasteiger partial charge in [0, 0.05) is 13.1 Å². The molecule has 1 fully saturated rings. The van der Waals surface area contributed by atoms with E-state index >= 15 is 0 Å². The van der Waals surface area contributed by atoms with Gasteiger partial charge in [-0.3, -0.25) is 0 Å². The van der Waals surface area contributed by atoms with Crippen molar-refractivity contribution in [3.63, 3.8) is 0 Å². The first-order valence-corrected chi connectivity index (χ1v) is 7.62. The number of hydrogen-bond donors (Lipinski definition) is 2. The van der Waals surface area contributed by atoms with Gasteiger partial charge in [0.25, 0.3) is 0 Å². The lowest BCUT2D eigenvalue weighted by atomic mass is 10.2. The van der Waals surface area contributed by atoms with Crippen molar-refractivity contribution in [2.45, 2.75) is 58.6 Å². The summed E-state index contributed by atoms with van der Waals surface area (Å²) in [6, 6.07) is -1.04. The van der Waals surface area contributed by atoms with E-state index in [0.717, 1.165) is 6.42 Å². The molecule has 0 radical (unpaired) electrons. The smallest absolute Gasteiger partial charge is 0.328 e. The normalized spacial score (nSPS) is 16.2. The molecule has 1 saturated carbocycles. The number of hydrogen-bond acceptors (Lipinski definition) is 4. The van der Waals surface area contributed by atoms with Gasteiger partial charge in [-0.25, -0.2) is 9.59 Å². The summed E-state index contributed by atoms with van der Waals surface area (Å²) in [6.45, 7) is 7.76. The molecule has 2 amide bonds. The average molecular weight is 300 g/mol. The van der Waals surface area contributed by atoms with Gasteiger partial charge in [0.05, 0.1) is 6.61 Å². The van der Waals surface area contributed by atoms with Crippen LogP contribution in [-0.2, 0) is 9.53 Å². The van der Waals surface area contributed by atoms with Crippen molar-refractivity contribution in [3.05, 3.63) is 0 Å². The number of aliphatic hydroxyl groups excluding tert-OH is 1. The first-order chi connectivity index (χ1) is 9.73. The molecule has 1 rings (SSSR count). The van der Waals surface area contributed by atoms with Crippen LogP contribution < -0.4 is 5.32 Å². The van der Waals surface area contributed by atoms with Crippen LogP contribution in [0.5, 0.6) is 0 Å². The summed E-state index contributed by atoms with van der Waals surface area (Å²) >= 11 is 0. The molecule has 0 saturated heterocycles. The van der Waals surface area contributed by atoms with Crippen LogP contribution >= 0.6 is 0 Å². The number of nitrogens with one attached hydrogen (secondary N) is 1. The van der Waals surface area contributed by atoms with Gasteiger partial charge in [-0.15, -0.1) is 0 Å². The number of nitrogens with zero attached hydrogens (tertiary/aromatic N) is 1. The largest absolute Gasteiger partial charge is 0.458 e. The minimum Gasteiger partial charge on any atom is -0.458 e. The minimum atomic E-state index is -0.709. The predicted octanol–water partition coefficient (Wildman–Crippen LogP) is 1.52. The number of amides is 2. The van der Waals surface area contributed by atoms with E-state index < -0.39 is 17.6 Å². The molecule has 1 atom stereocenters. The Balaban J connectivity index is 2.44. The molecule has 0 aliphatic heterocycles. The maximum Gasteiger partial charge on any atom is 0.328 e. The second-order valence-electron chi connectivity index (χ2n) is 6.65. The molecule has 0 aromatic carbocycles. The lowest BCUT2D eigenvalue weighted by Crippen LogP contribution is -2.49. The van der Waals surface area contributed by atoms with Crippen LogP contribution in [0.2, 0.25) is 0 Å². The highest BCUT2D eigenvalue weighted by Crippen LogP contribution is 2.32. The highest BCUT2D eigenvalue weighted by molar-refractivity contribution is 5.83. The molecule has 0 spiro atoms. The summed E-state index contributed by atoms with van der Waals surface area (Å²) in [6.07, 6.45) is 3.40. The maximum atomic E-state index is 12.1. The van der Waals surface area contributed by atoms with Gasteiger partial charge in [0.15, 0.2) is 0 Å². The quantitative estimate of drug-likeness (QED) is 0.699. The third-order valence-corrected chi connectivity index (χ3v) is 3.26. The van der Waals surface area contributed by atoms with Crippen LogP contribution in [0, 0.1) is 5.92 Å². The zero-order valence-electron chi connectivity index (χ0n) is 13.5. The van der Waals surface area contributed by atoms with E-state index in [0.29, 0.717) is 12.5 Å². The van der Waals surface area contributed by atoms with Crippen molar-refractivity contribution < 1.29 is 19.4 Å². The molecule has 0 bridgehead atoms. The van der Waals surface area contributed by atoms with Gasteiger partial charge in [-0.1, -0.05) is 12.8 Å². The Labute approximate surface area is 126 Å². The third kappa shape index (κ3) is 7.32. The molecule has 1 aliphatic rings. The van der Waals surface area contributed by atoms with E-state index in [1.807, 2.05) is 0 Å². The zero-order valence-corrected chi connectivity index (χ0v) is 13.5. The Morgan fingerprint density at radius 3 is 2.43 bits per heavy atom. The minimum absolute atomic E-state index is 0.0844. The van der Waals surface area contributed by atoms with Crippen molar-refractivity contribution in [1.29, 1.82) is 0 Å². The predicted molar refractivity (Wildman–Crippen MR) is 79.8 cm³/mol. The molecule has 122 valence electrons. The maximum absolute atomic E-state index is 12.1. The van der Waals surface area contributed by atoms with Gasteiger partial charge in [-0.05, 0) is 40.0 Å². The number of esters is 1. The molecule has 6 heteroatoms. The highest BCUT2D eigenvalue weighted by atomic mass is 16.6. The highest BCUT2D eigenvalue weighted by Gasteiger charge is 2.26. The van der Waals surface area contributed by atoms with Crippen LogP contribution in [0.15, 0.2) is 0 Å². The van der Waals surface area contributed by atoms with Crippen molar-refractivity contribution in [3.8, 4) is 0 Å². The monoisotopic (exact) mass is 300 g/mol. The van der Waals surface area contributed by atoms with Gasteiger partial charge in [0.2, 0.25) is 0 Å². The lowest BCUT2D eigenvalue weighted by Gasteiger charge is -2.26. The first kappa shape index (κ1) is 17.8. The number of carbonyl (C=O) groups excluding carboxylic acids is 2. The van der Waals surface area contributed by atoms with E-state index in [1.54, 1.807) is 32.6 Å². The molecule has 6 nitrogen and oxygen atoms in total. The number of carbonyl (C=O) groups is 2. The Morgan fingerprint density at radius 2 is 1.95 bits per heavy atom. The average Bonchev–Trinajstić information content (AvgIpc) is 3.16. The molecule has 2 N–H and O–H groups in total. The fraction of sp³-hybridized carbons (Fsp3) is 0.867. The van der Waals surface area contributed by atoms with Crippen molar-refractivity contribution >= 4 is 12.0 Å². The second-order valence-corrected chi connectivity index (χ2v) is 6.65. The van der Waals surface area contributed by atoms with Gasteiger partial charge < -0.3 is 20.1 Å². The van der Waals surface area contributed by atoms with E-state index in [2.05, 4.69) is 5.32 Å². The molecular formula is C15H28N2O4. The van der Waals surface area contributed by atoms with Crippen molar-refractivity contribution in [1.82, 2.24) is 10.2 Å². The van der Waals surface area contributed by atoms with Crippen molar-refractivity contribution in [2.75, 3.05) is 19.7 Å². The molecule has 0 unspecified atom stereocenters. The summed E-state index contributed by atoms with van der Waals surface area (Å²) in [5.41, 5.74) is -0.577. The van der Waals surface area contributed by atoms with Crippen LogP contribution in [0.25, 0.3) is 0 Å². The van der Waals surface area contributed by atoms with Crippen LogP contribution in [0.4, 0.5) is 4.79 Å². The second kappa shape index (κ2) is 7.64. The molecule has 0 aromatic rings. The van der Waals surface area contributed by atoms with Gasteiger partial charge in [0.1, 0.15) is 11.6 Å². The molecule has 21 heavy (non-hydrogen) atoms. The third-order valence-electron chi connectivity index (χ3n) is 3.26. The van der Waals surface area contributed by atoms with Gasteiger partial charge in [-0.2, -0.15) is 0 Å². The Bertz CT molecular complexity index is 361. The van der Waals surface area contributed by atoms with E-state index in [-0.39, 0.29) is 19.2 Å². The topological polar surface area (TPSA) is 78.9 Å². The number of urea groups is 1. The zero-order chi connectivity index (χ0) is 16.0. The Hall–Kier alpha value is -1.30. The number of rotatable bonds is 7.